The molecule has 0 aromatic heterocycles. The highest BCUT2D eigenvalue weighted by atomic mass is 19.4. The van der Waals surface area contributed by atoms with Gasteiger partial charge in [0, 0.05) is 13.7 Å². The van der Waals surface area contributed by atoms with Crippen molar-refractivity contribution in [2.24, 2.45) is 11.7 Å². The molecule has 1 aromatic rings. The number of unbranched alkanes of at least 4 members (excludes halogenated alkanes) is 2. The van der Waals surface area contributed by atoms with Gasteiger partial charge in [-0.05, 0) is 73.5 Å². The molecule has 1 unspecified atom stereocenters. The number of aliphatic hydroxyl groups excluding tert-OH is 1. The predicted octanol–water partition coefficient (Wildman–Crippen LogP) is 4.39. The Labute approximate surface area is 187 Å². The van der Waals surface area contributed by atoms with Crippen molar-refractivity contribution in [1.29, 1.82) is 0 Å². The highest BCUT2D eigenvalue weighted by molar-refractivity contribution is 5.75. The number of aryl methyl sites for hydroxylation is 1. The van der Waals surface area contributed by atoms with Gasteiger partial charge in [-0.15, -0.1) is 0 Å². The van der Waals surface area contributed by atoms with Gasteiger partial charge >= 0.3 is 12.1 Å². The van der Waals surface area contributed by atoms with Crippen LogP contribution in [0.25, 0.3) is 0 Å². The predicted molar refractivity (Wildman–Crippen MR) is 114 cm³/mol. The minimum atomic E-state index is -5.16. The van der Waals surface area contributed by atoms with E-state index in [0.717, 1.165) is 31.4 Å². The molecular formula is C24H34F3NO4. The van der Waals surface area contributed by atoms with Crippen LogP contribution in [0.2, 0.25) is 0 Å². The lowest BCUT2D eigenvalue weighted by Gasteiger charge is -2.30. The maximum Gasteiger partial charge on any atom is 0.491 e. The number of ether oxygens (including phenoxy) is 2. The Morgan fingerprint density at radius 3 is 2.75 bits per heavy atom. The summed E-state index contributed by atoms with van der Waals surface area (Å²) >= 11 is 0. The molecule has 0 saturated heterocycles. The number of aliphatic hydroxyl groups is 1. The topological polar surface area (TPSA) is 81.8 Å². The van der Waals surface area contributed by atoms with E-state index in [-0.39, 0.29) is 18.8 Å². The van der Waals surface area contributed by atoms with Crippen LogP contribution in [0.1, 0.15) is 74.0 Å². The first-order valence-electron chi connectivity index (χ1n) is 11.5. The van der Waals surface area contributed by atoms with Crippen LogP contribution >= 0.6 is 0 Å². The van der Waals surface area contributed by atoms with E-state index < -0.39 is 24.0 Å². The lowest BCUT2D eigenvalue weighted by Crippen LogP contribution is -2.51. The van der Waals surface area contributed by atoms with Crippen molar-refractivity contribution in [2.45, 2.75) is 88.1 Å². The zero-order chi connectivity index (χ0) is 23.4. The van der Waals surface area contributed by atoms with Crippen LogP contribution in [0.15, 0.2) is 18.2 Å². The molecule has 180 valence electrons. The van der Waals surface area contributed by atoms with E-state index in [9.17, 15) is 23.1 Å². The van der Waals surface area contributed by atoms with E-state index in [1.54, 1.807) is 7.11 Å². The van der Waals surface area contributed by atoms with Crippen LogP contribution in [0.3, 0.4) is 0 Å². The lowest BCUT2D eigenvalue weighted by atomic mass is 9.79. The molecule has 1 fully saturated rings. The van der Waals surface area contributed by atoms with Gasteiger partial charge in [-0.25, -0.2) is 4.79 Å². The van der Waals surface area contributed by atoms with Crippen molar-refractivity contribution in [2.75, 3.05) is 13.7 Å². The fourth-order valence-electron chi connectivity index (χ4n) is 5.11. The first kappa shape index (κ1) is 25.0. The first-order valence-corrected chi connectivity index (χ1v) is 11.5. The number of hydrogen-bond donors (Lipinski definition) is 2. The molecule has 1 aromatic carbocycles. The molecule has 0 aliphatic heterocycles. The SMILES string of the molecule is COCCCCC[C@H]1CCc2cc([C@H]3CC[C@](N)(C(O)OC(=O)C(F)(F)F)C3)ccc2C1. The fraction of sp³-hybridized carbons (Fsp3) is 0.708. The fourth-order valence-corrected chi connectivity index (χ4v) is 5.11. The third-order valence-electron chi connectivity index (χ3n) is 7.02. The minimum absolute atomic E-state index is 0.0167. The molecular weight excluding hydrogens is 423 g/mol. The number of esters is 1. The summed E-state index contributed by atoms with van der Waals surface area (Å²) in [7, 11) is 1.73. The third kappa shape index (κ3) is 6.23. The summed E-state index contributed by atoms with van der Waals surface area (Å²) in [5.74, 6) is -1.69. The molecule has 0 bridgehead atoms. The molecule has 3 N–H and O–H groups in total. The Kier molecular flexibility index (Phi) is 8.22. The van der Waals surface area contributed by atoms with Crippen molar-refractivity contribution < 1.29 is 32.5 Å². The quantitative estimate of drug-likeness (QED) is 0.327. The molecule has 3 rings (SSSR count). The van der Waals surface area contributed by atoms with E-state index in [1.807, 2.05) is 0 Å². The number of methoxy groups -OCH3 is 1. The van der Waals surface area contributed by atoms with Gasteiger partial charge in [-0.3, -0.25) is 0 Å². The summed E-state index contributed by atoms with van der Waals surface area (Å²) in [6.45, 7) is 0.823. The van der Waals surface area contributed by atoms with E-state index in [4.69, 9.17) is 10.5 Å². The van der Waals surface area contributed by atoms with Gasteiger partial charge in [-0.1, -0.05) is 37.5 Å². The zero-order valence-corrected chi connectivity index (χ0v) is 18.6. The number of halogens is 3. The molecule has 2 aliphatic rings. The molecule has 0 spiro atoms. The van der Waals surface area contributed by atoms with Crippen molar-refractivity contribution in [3.05, 3.63) is 34.9 Å². The summed E-state index contributed by atoms with van der Waals surface area (Å²) in [5, 5.41) is 10.1. The van der Waals surface area contributed by atoms with E-state index >= 15 is 0 Å². The summed E-state index contributed by atoms with van der Waals surface area (Å²) in [4.78, 5) is 11.1. The summed E-state index contributed by atoms with van der Waals surface area (Å²) < 4.78 is 46.6. The highest BCUT2D eigenvalue weighted by Crippen LogP contribution is 2.43. The molecule has 0 heterocycles. The Bertz CT molecular complexity index is 785. The molecule has 32 heavy (non-hydrogen) atoms. The van der Waals surface area contributed by atoms with Crippen LogP contribution in [0.5, 0.6) is 0 Å². The molecule has 0 amide bonds. The van der Waals surface area contributed by atoms with Crippen LogP contribution in [0, 0.1) is 5.92 Å². The van der Waals surface area contributed by atoms with E-state index in [1.165, 1.54) is 36.8 Å². The second-order valence-corrected chi connectivity index (χ2v) is 9.41. The standard InChI is InChI=1S/C24H34F3NO4/c1-31-12-4-2-3-5-16-6-7-18-14-19(9-8-17(18)13-16)20-10-11-23(28,15-20)21(29)32-22(30)24(25,26)27/h8-9,14,16,20-21,29H,2-7,10-13,15,28H2,1H3/t16-,20-,21?,23+/m0/s1. The van der Waals surface area contributed by atoms with Gasteiger partial charge in [-0.2, -0.15) is 13.2 Å². The second-order valence-electron chi connectivity index (χ2n) is 9.41. The highest BCUT2D eigenvalue weighted by Gasteiger charge is 2.48. The number of carbonyl (C=O) groups is 1. The Balaban J connectivity index is 1.55. The molecule has 5 nitrogen and oxygen atoms in total. The number of alkyl halides is 3. The maximum absolute atomic E-state index is 12.4. The summed E-state index contributed by atoms with van der Waals surface area (Å²) in [5.41, 5.74) is 8.56. The number of rotatable bonds is 9. The number of nitrogens with two attached hydrogens (primary N) is 1. The van der Waals surface area contributed by atoms with Crippen molar-refractivity contribution in [3.8, 4) is 0 Å². The Morgan fingerprint density at radius 1 is 1.25 bits per heavy atom. The molecule has 2 aliphatic carbocycles. The van der Waals surface area contributed by atoms with Gasteiger partial charge in [0.15, 0.2) is 0 Å². The normalized spacial score (nSPS) is 26.6. The average molecular weight is 458 g/mol. The lowest BCUT2D eigenvalue weighted by molar-refractivity contribution is -0.227. The number of hydrogen-bond acceptors (Lipinski definition) is 5. The third-order valence-corrected chi connectivity index (χ3v) is 7.02. The van der Waals surface area contributed by atoms with Crippen LogP contribution < -0.4 is 5.73 Å². The van der Waals surface area contributed by atoms with Crippen LogP contribution in [-0.2, 0) is 27.1 Å². The van der Waals surface area contributed by atoms with Gasteiger partial charge in [0.2, 0.25) is 6.29 Å². The van der Waals surface area contributed by atoms with Crippen molar-refractivity contribution in [1.82, 2.24) is 0 Å². The summed E-state index contributed by atoms with van der Waals surface area (Å²) in [6, 6.07) is 6.43. The monoisotopic (exact) mass is 457 g/mol. The molecule has 8 heteroatoms. The number of carbonyl (C=O) groups excluding carboxylic acids is 1. The van der Waals surface area contributed by atoms with Gasteiger partial charge in [0.1, 0.15) is 0 Å². The largest absolute Gasteiger partial charge is 0.491 e. The average Bonchev–Trinajstić information content (AvgIpc) is 3.16. The van der Waals surface area contributed by atoms with Gasteiger partial charge < -0.3 is 20.3 Å². The van der Waals surface area contributed by atoms with E-state index in [0.29, 0.717) is 12.3 Å². The molecule has 0 radical (unpaired) electrons. The van der Waals surface area contributed by atoms with Crippen LogP contribution in [-0.4, -0.2) is 42.8 Å². The van der Waals surface area contributed by atoms with Gasteiger partial charge in [0.25, 0.3) is 0 Å². The molecule has 4 atom stereocenters. The minimum Gasteiger partial charge on any atom is -0.427 e. The number of benzene rings is 1. The second kappa shape index (κ2) is 10.5. The van der Waals surface area contributed by atoms with Crippen LogP contribution in [0.4, 0.5) is 13.2 Å². The number of fused-ring (bicyclic) bond motifs is 1. The Hall–Kier alpha value is -1.64. The van der Waals surface area contributed by atoms with Crippen molar-refractivity contribution in [3.63, 3.8) is 0 Å². The first-order chi connectivity index (χ1) is 15.1. The summed E-state index contributed by atoms with van der Waals surface area (Å²) in [6.07, 6.45) is 2.07. The van der Waals surface area contributed by atoms with E-state index in [2.05, 4.69) is 22.9 Å². The van der Waals surface area contributed by atoms with Crippen molar-refractivity contribution >= 4 is 5.97 Å². The van der Waals surface area contributed by atoms with Gasteiger partial charge in [0.05, 0.1) is 5.54 Å². The maximum atomic E-state index is 12.4. The Morgan fingerprint density at radius 2 is 2.03 bits per heavy atom. The molecule has 1 saturated carbocycles. The smallest absolute Gasteiger partial charge is 0.427 e. The zero-order valence-electron chi connectivity index (χ0n) is 18.6.